The lowest BCUT2D eigenvalue weighted by Crippen LogP contribution is -2.52. The van der Waals surface area contributed by atoms with Crippen LogP contribution in [-0.2, 0) is 16.1 Å². The average molecular weight is 259 g/mol. The fourth-order valence-electron chi connectivity index (χ4n) is 2.54. The Morgan fingerprint density at radius 1 is 1.32 bits per heavy atom. The largest absolute Gasteiger partial charge is 0.321 e. The molecule has 6 heteroatoms. The Morgan fingerprint density at radius 3 is 2.84 bits per heavy atom. The number of imide groups is 1. The van der Waals surface area contributed by atoms with Crippen molar-refractivity contribution >= 4 is 17.7 Å². The van der Waals surface area contributed by atoms with Crippen molar-refractivity contribution in [1.29, 1.82) is 0 Å². The van der Waals surface area contributed by atoms with Crippen molar-refractivity contribution in [1.82, 2.24) is 15.2 Å². The second kappa shape index (κ2) is 4.15. The van der Waals surface area contributed by atoms with Gasteiger partial charge in [-0.2, -0.15) is 0 Å². The molecule has 19 heavy (non-hydrogen) atoms. The topological polar surface area (TPSA) is 79.4 Å². The van der Waals surface area contributed by atoms with Crippen LogP contribution in [-0.4, -0.2) is 33.6 Å². The van der Waals surface area contributed by atoms with Gasteiger partial charge in [-0.15, -0.1) is 0 Å². The van der Waals surface area contributed by atoms with Gasteiger partial charge < -0.3 is 4.90 Å². The molecule has 0 radical (unpaired) electrons. The number of rotatable bonds is 1. The van der Waals surface area contributed by atoms with E-state index in [-0.39, 0.29) is 18.2 Å². The fraction of sp³-hybridized carbons (Fsp3) is 0.385. The first-order valence-electron chi connectivity index (χ1n) is 6.17. The van der Waals surface area contributed by atoms with E-state index in [9.17, 15) is 14.4 Å². The number of piperidine rings is 1. The normalized spacial score (nSPS) is 22.5. The van der Waals surface area contributed by atoms with Gasteiger partial charge in [0.15, 0.2) is 0 Å². The highest BCUT2D eigenvalue weighted by molar-refractivity contribution is 6.05. The molecule has 0 aliphatic carbocycles. The van der Waals surface area contributed by atoms with Gasteiger partial charge in [-0.1, -0.05) is 0 Å². The van der Waals surface area contributed by atoms with E-state index in [1.807, 2.05) is 6.92 Å². The zero-order valence-electron chi connectivity index (χ0n) is 10.5. The third-order valence-electron chi connectivity index (χ3n) is 3.51. The first-order valence-corrected chi connectivity index (χ1v) is 6.17. The molecule has 1 fully saturated rings. The number of nitrogens with zero attached hydrogens (tertiary/aromatic N) is 2. The summed E-state index contributed by atoms with van der Waals surface area (Å²) in [6.45, 7) is 2.20. The summed E-state index contributed by atoms with van der Waals surface area (Å²) in [5, 5.41) is 2.27. The second-order valence-corrected chi connectivity index (χ2v) is 4.85. The van der Waals surface area contributed by atoms with Crippen LogP contribution in [0.3, 0.4) is 0 Å². The summed E-state index contributed by atoms with van der Waals surface area (Å²) in [5.74, 6) is -0.856. The summed E-state index contributed by atoms with van der Waals surface area (Å²) >= 11 is 0. The lowest BCUT2D eigenvalue weighted by atomic mass is 10.0. The number of hydrogen-bond donors (Lipinski definition) is 1. The van der Waals surface area contributed by atoms with E-state index in [0.29, 0.717) is 24.2 Å². The van der Waals surface area contributed by atoms with Gasteiger partial charge in [-0.3, -0.25) is 24.7 Å². The Labute approximate surface area is 109 Å². The van der Waals surface area contributed by atoms with E-state index >= 15 is 0 Å². The first-order chi connectivity index (χ1) is 9.06. The predicted octanol–water partition coefficient (Wildman–Crippen LogP) is 0.151. The van der Waals surface area contributed by atoms with Crippen molar-refractivity contribution in [3.63, 3.8) is 0 Å². The summed E-state index contributed by atoms with van der Waals surface area (Å²) in [6.07, 6.45) is 0.645. The van der Waals surface area contributed by atoms with Gasteiger partial charge in [-0.25, -0.2) is 0 Å². The Balaban J connectivity index is 1.87. The molecule has 3 amide bonds. The molecule has 6 nitrogen and oxygen atoms in total. The maximum absolute atomic E-state index is 12.3. The molecule has 98 valence electrons. The molecule has 3 rings (SSSR count). The maximum Gasteiger partial charge on any atom is 0.256 e. The minimum atomic E-state index is -0.570. The summed E-state index contributed by atoms with van der Waals surface area (Å²) in [5.41, 5.74) is 2.10. The van der Waals surface area contributed by atoms with Crippen LogP contribution < -0.4 is 5.32 Å². The number of amides is 3. The van der Waals surface area contributed by atoms with Crippen molar-refractivity contribution in [3.8, 4) is 0 Å². The fourth-order valence-corrected chi connectivity index (χ4v) is 2.54. The SMILES string of the molecule is Cc1ccc2c(n1)CN([C@@H]1CCC(=O)NC1=O)C2=O. The van der Waals surface area contributed by atoms with Crippen molar-refractivity contribution in [2.45, 2.75) is 32.4 Å². The Kier molecular flexibility index (Phi) is 2.58. The third kappa shape index (κ3) is 1.89. The van der Waals surface area contributed by atoms with Gasteiger partial charge >= 0.3 is 0 Å². The molecule has 0 unspecified atom stereocenters. The van der Waals surface area contributed by atoms with Crippen LogP contribution in [0.1, 0.15) is 34.6 Å². The molecule has 2 aliphatic heterocycles. The number of nitrogens with one attached hydrogen (secondary N) is 1. The highest BCUT2D eigenvalue weighted by Gasteiger charge is 2.39. The maximum atomic E-state index is 12.3. The smallest absolute Gasteiger partial charge is 0.256 e. The van der Waals surface area contributed by atoms with Gasteiger partial charge in [0.2, 0.25) is 11.8 Å². The summed E-state index contributed by atoms with van der Waals surface area (Å²) in [4.78, 5) is 41.0. The highest BCUT2D eigenvalue weighted by atomic mass is 16.2. The third-order valence-corrected chi connectivity index (χ3v) is 3.51. The zero-order valence-corrected chi connectivity index (χ0v) is 10.5. The van der Waals surface area contributed by atoms with Gasteiger partial charge in [-0.05, 0) is 25.5 Å². The molecule has 0 bridgehead atoms. The number of fused-ring (bicyclic) bond motifs is 1. The van der Waals surface area contributed by atoms with Gasteiger partial charge in [0.1, 0.15) is 6.04 Å². The van der Waals surface area contributed by atoms with Crippen LogP contribution in [0.2, 0.25) is 0 Å². The molecule has 0 aromatic carbocycles. The predicted molar refractivity (Wildman–Crippen MR) is 65.0 cm³/mol. The monoisotopic (exact) mass is 259 g/mol. The molecule has 0 saturated carbocycles. The van der Waals surface area contributed by atoms with E-state index in [1.54, 1.807) is 12.1 Å². The Morgan fingerprint density at radius 2 is 2.11 bits per heavy atom. The van der Waals surface area contributed by atoms with Crippen LogP contribution in [0.25, 0.3) is 0 Å². The highest BCUT2D eigenvalue weighted by Crippen LogP contribution is 2.26. The minimum absolute atomic E-state index is 0.183. The quantitative estimate of drug-likeness (QED) is 0.728. The van der Waals surface area contributed by atoms with E-state index in [0.717, 1.165) is 5.69 Å². The molecule has 1 N–H and O–H groups in total. The number of carbonyl (C=O) groups excluding carboxylic acids is 3. The van der Waals surface area contributed by atoms with Crippen molar-refractivity contribution in [2.24, 2.45) is 0 Å². The van der Waals surface area contributed by atoms with Crippen molar-refractivity contribution in [2.75, 3.05) is 0 Å². The van der Waals surface area contributed by atoms with Gasteiger partial charge in [0.25, 0.3) is 5.91 Å². The first kappa shape index (κ1) is 11.8. The Hall–Kier alpha value is -2.24. The van der Waals surface area contributed by atoms with E-state index in [2.05, 4.69) is 10.3 Å². The molecule has 2 aliphatic rings. The molecular weight excluding hydrogens is 246 g/mol. The van der Waals surface area contributed by atoms with E-state index in [4.69, 9.17) is 0 Å². The molecular formula is C13H13N3O3. The summed E-state index contributed by atoms with van der Waals surface area (Å²) < 4.78 is 0. The van der Waals surface area contributed by atoms with Crippen LogP contribution in [0.5, 0.6) is 0 Å². The van der Waals surface area contributed by atoms with Crippen LogP contribution in [0.15, 0.2) is 12.1 Å². The molecule has 3 heterocycles. The summed E-state index contributed by atoms with van der Waals surface area (Å²) in [7, 11) is 0. The van der Waals surface area contributed by atoms with Crippen molar-refractivity contribution in [3.05, 3.63) is 29.1 Å². The van der Waals surface area contributed by atoms with Crippen LogP contribution in [0, 0.1) is 6.92 Å². The zero-order chi connectivity index (χ0) is 13.6. The standard InChI is InChI=1S/C13H13N3O3/c1-7-2-3-8-9(14-7)6-16(13(8)19)10-4-5-11(17)15-12(10)18/h2-3,10H,4-6H2,1H3,(H,15,17,18)/t10-/m1/s1. The number of hydrogen-bond acceptors (Lipinski definition) is 4. The molecule has 1 saturated heterocycles. The molecule has 1 aromatic rings. The molecule has 1 atom stereocenters. The number of aryl methyl sites for hydroxylation is 1. The number of aromatic nitrogens is 1. The van der Waals surface area contributed by atoms with E-state index in [1.165, 1.54) is 4.90 Å². The second-order valence-electron chi connectivity index (χ2n) is 4.85. The van der Waals surface area contributed by atoms with E-state index < -0.39 is 11.9 Å². The van der Waals surface area contributed by atoms with Crippen LogP contribution in [0.4, 0.5) is 0 Å². The number of carbonyl (C=O) groups is 3. The van der Waals surface area contributed by atoms with Crippen molar-refractivity contribution < 1.29 is 14.4 Å². The molecule has 0 spiro atoms. The Bertz CT molecular complexity index is 597. The summed E-state index contributed by atoms with van der Waals surface area (Å²) in [6, 6.07) is 2.95. The van der Waals surface area contributed by atoms with Gasteiger partial charge in [0, 0.05) is 12.1 Å². The average Bonchev–Trinajstić information content (AvgIpc) is 2.66. The number of pyridine rings is 1. The molecule has 1 aromatic heterocycles. The van der Waals surface area contributed by atoms with Gasteiger partial charge in [0.05, 0.1) is 17.8 Å². The lowest BCUT2D eigenvalue weighted by Gasteiger charge is -2.29. The lowest BCUT2D eigenvalue weighted by molar-refractivity contribution is -0.136. The van der Waals surface area contributed by atoms with Crippen LogP contribution >= 0.6 is 0 Å². The minimum Gasteiger partial charge on any atom is -0.321 e.